The van der Waals surface area contributed by atoms with Crippen LogP contribution < -0.4 is 5.73 Å². The van der Waals surface area contributed by atoms with Gasteiger partial charge in [0.15, 0.2) is 5.65 Å². The fraction of sp³-hybridized carbons (Fsp3) is 0.533. The molecule has 0 bridgehead atoms. The third-order valence-corrected chi connectivity index (χ3v) is 4.30. The summed E-state index contributed by atoms with van der Waals surface area (Å²) in [6, 6.07) is 2.54. The van der Waals surface area contributed by atoms with E-state index in [0.717, 1.165) is 25.2 Å². The fourth-order valence-electron chi connectivity index (χ4n) is 3.11. The molecular weight excluding hydrogens is 266 g/mol. The van der Waals surface area contributed by atoms with Crippen LogP contribution in [0.1, 0.15) is 48.7 Å². The van der Waals surface area contributed by atoms with Crippen LogP contribution >= 0.6 is 0 Å². The van der Waals surface area contributed by atoms with Crippen molar-refractivity contribution in [3.63, 3.8) is 0 Å². The lowest BCUT2D eigenvalue weighted by Gasteiger charge is -2.35. The minimum Gasteiger partial charge on any atom is -0.365 e. The lowest BCUT2D eigenvalue weighted by atomic mass is 9.93. The van der Waals surface area contributed by atoms with Gasteiger partial charge in [0, 0.05) is 24.7 Å². The molecule has 3 rings (SSSR count). The number of rotatable bonds is 3. The Balaban J connectivity index is 1.99. The molecule has 0 radical (unpaired) electrons. The van der Waals surface area contributed by atoms with E-state index in [1.165, 1.54) is 12.6 Å². The highest BCUT2D eigenvalue weighted by molar-refractivity contribution is 5.98. The fourth-order valence-corrected chi connectivity index (χ4v) is 3.11. The van der Waals surface area contributed by atoms with E-state index in [1.54, 1.807) is 10.7 Å². The van der Waals surface area contributed by atoms with E-state index in [1.807, 2.05) is 6.07 Å². The van der Waals surface area contributed by atoms with Crippen molar-refractivity contribution in [1.29, 1.82) is 0 Å². The molecule has 2 N–H and O–H groups in total. The number of amides is 1. The van der Waals surface area contributed by atoms with E-state index in [4.69, 9.17) is 5.73 Å². The molecule has 6 heteroatoms. The van der Waals surface area contributed by atoms with Crippen LogP contribution in [0.4, 0.5) is 0 Å². The highest BCUT2D eigenvalue weighted by Crippen LogP contribution is 2.28. The smallest absolute Gasteiger partial charge is 0.254 e. The van der Waals surface area contributed by atoms with Crippen molar-refractivity contribution >= 4 is 11.6 Å². The van der Waals surface area contributed by atoms with Crippen LogP contribution in [0.25, 0.3) is 5.65 Å². The molecule has 0 unspecified atom stereocenters. The summed E-state index contributed by atoms with van der Waals surface area (Å²) in [4.78, 5) is 18.2. The van der Waals surface area contributed by atoms with Gasteiger partial charge in [-0.05, 0) is 39.3 Å². The maximum atomic E-state index is 11.4. The van der Waals surface area contributed by atoms with Crippen molar-refractivity contribution in [3.05, 3.63) is 29.7 Å². The quantitative estimate of drug-likeness (QED) is 0.926. The Labute approximate surface area is 123 Å². The topological polar surface area (TPSA) is 76.5 Å². The predicted octanol–water partition coefficient (Wildman–Crippen LogP) is 1.42. The van der Waals surface area contributed by atoms with Crippen molar-refractivity contribution in [3.8, 4) is 0 Å². The maximum absolute atomic E-state index is 11.4. The molecular formula is C15H21N5O. The van der Waals surface area contributed by atoms with Crippen LogP contribution in [-0.2, 0) is 0 Å². The van der Waals surface area contributed by atoms with Crippen molar-refractivity contribution < 1.29 is 4.79 Å². The molecule has 0 aromatic carbocycles. The molecule has 1 amide bonds. The summed E-state index contributed by atoms with van der Waals surface area (Å²) < 4.78 is 1.77. The molecule has 2 aromatic heterocycles. The Hall–Kier alpha value is -1.95. The van der Waals surface area contributed by atoms with Gasteiger partial charge in [0.05, 0.1) is 11.9 Å². The predicted molar refractivity (Wildman–Crippen MR) is 80.2 cm³/mol. The molecule has 0 spiro atoms. The van der Waals surface area contributed by atoms with E-state index in [0.29, 0.717) is 23.2 Å². The van der Waals surface area contributed by atoms with Crippen LogP contribution in [0.3, 0.4) is 0 Å². The Morgan fingerprint density at radius 3 is 3.00 bits per heavy atom. The molecule has 3 heterocycles. The molecule has 1 aliphatic rings. The summed E-state index contributed by atoms with van der Waals surface area (Å²) in [5.74, 6) is -0.0747. The Bertz CT molecular complexity index is 663. The van der Waals surface area contributed by atoms with Crippen LogP contribution in [0.15, 0.2) is 18.5 Å². The summed E-state index contributed by atoms with van der Waals surface area (Å²) in [7, 11) is 0. The number of carbonyl (C=O) groups excluding carboxylic acids is 1. The van der Waals surface area contributed by atoms with Crippen LogP contribution in [0.2, 0.25) is 0 Å². The number of nitrogens with zero attached hydrogens (tertiary/aromatic N) is 4. The Morgan fingerprint density at radius 2 is 2.29 bits per heavy atom. The van der Waals surface area contributed by atoms with Crippen molar-refractivity contribution in [2.45, 2.75) is 38.6 Å². The third kappa shape index (κ3) is 2.51. The van der Waals surface area contributed by atoms with Crippen LogP contribution in [-0.4, -0.2) is 44.5 Å². The summed E-state index contributed by atoms with van der Waals surface area (Å²) >= 11 is 0. The number of carbonyl (C=O) groups is 1. The lowest BCUT2D eigenvalue weighted by Crippen LogP contribution is -2.39. The molecule has 0 saturated carbocycles. The first kappa shape index (κ1) is 14.0. The van der Waals surface area contributed by atoms with Crippen molar-refractivity contribution in [2.24, 2.45) is 5.73 Å². The molecule has 112 valence electrons. The first-order chi connectivity index (χ1) is 10.1. The average Bonchev–Trinajstić information content (AvgIpc) is 2.91. The molecule has 1 aliphatic heterocycles. The average molecular weight is 287 g/mol. The molecule has 6 nitrogen and oxygen atoms in total. The highest BCUT2D eigenvalue weighted by Gasteiger charge is 2.25. The van der Waals surface area contributed by atoms with Crippen LogP contribution in [0.5, 0.6) is 0 Å². The Morgan fingerprint density at radius 1 is 1.48 bits per heavy atom. The Kier molecular flexibility index (Phi) is 3.63. The van der Waals surface area contributed by atoms with E-state index in [-0.39, 0.29) is 0 Å². The number of primary amides is 1. The normalized spacial score (nSPS) is 20.2. The molecule has 1 atom stereocenters. The first-order valence-corrected chi connectivity index (χ1v) is 7.44. The van der Waals surface area contributed by atoms with Gasteiger partial charge in [0.25, 0.3) is 5.91 Å². The number of hydrogen-bond donors (Lipinski definition) is 1. The zero-order chi connectivity index (χ0) is 15.0. The number of aromatic nitrogens is 3. The molecule has 1 fully saturated rings. The van der Waals surface area contributed by atoms with Gasteiger partial charge in [-0.1, -0.05) is 0 Å². The van der Waals surface area contributed by atoms with Gasteiger partial charge in [-0.3, -0.25) is 4.79 Å². The maximum Gasteiger partial charge on any atom is 0.254 e. The standard InChI is InChI=1S/C15H21N5O/c1-10(2)19-7-3-4-11(9-19)13-5-6-17-15-12(14(16)21)8-18-20(13)15/h5-6,8,10-11H,3-4,7,9H2,1-2H3,(H2,16,21)/t11-/m0/s1. The second-order valence-corrected chi connectivity index (χ2v) is 5.96. The summed E-state index contributed by atoms with van der Waals surface area (Å²) in [5, 5.41) is 4.32. The third-order valence-electron chi connectivity index (χ3n) is 4.30. The second-order valence-electron chi connectivity index (χ2n) is 5.96. The van der Waals surface area contributed by atoms with Crippen molar-refractivity contribution in [1.82, 2.24) is 19.5 Å². The molecule has 21 heavy (non-hydrogen) atoms. The first-order valence-electron chi connectivity index (χ1n) is 7.44. The van der Waals surface area contributed by atoms with E-state index in [9.17, 15) is 4.79 Å². The summed E-state index contributed by atoms with van der Waals surface area (Å²) in [6.07, 6.45) is 5.56. The monoisotopic (exact) mass is 287 g/mol. The number of piperidine rings is 1. The largest absolute Gasteiger partial charge is 0.365 e. The summed E-state index contributed by atoms with van der Waals surface area (Å²) in [6.45, 7) is 6.61. The minimum absolute atomic E-state index is 0.383. The molecule has 2 aromatic rings. The van der Waals surface area contributed by atoms with Crippen LogP contribution in [0, 0.1) is 0 Å². The SMILES string of the molecule is CC(C)N1CCC[C@H](c2ccnc3c(C(N)=O)cnn23)C1. The number of nitrogens with two attached hydrogens (primary N) is 1. The minimum atomic E-state index is -0.484. The van der Waals surface area contributed by atoms with E-state index >= 15 is 0 Å². The zero-order valence-electron chi connectivity index (χ0n) is 12.5. The number of likely N-dealkylation sites (tertiary alicyclic amines) is 1. The van der Waals surface area contributed by atoms with Gasteiger partial charge in [-0.15, -0.1) is 0 Å². The van der Waals surface area contributed by atoms with E-state index in [2.05, 4.69) is 28.8 Å². The summed E-state index contributed by atoms with van der Waals surface area (Å²) in [5.41, 5.74) is 7.42. The van der Waals surface area contributed by atoms with Gasteiger partial charge in [-0.25, -0.2) is 9.50 Å². The van der Waals surface area contributed by atoms with E-state index < -0.39 is 5.91 Å². The zero-order valence-corrected chi connectivity index (χ0v) is 12.5. The van der Waals surface area contributed by atoms with Gasteiger partial charge in [0.1, 0.15) is 5.56 Å². The molecule has 1 saturated heterocycles. The second kappa shape index (κ2) is 5.44. The lowest BCUT2D eigenvalue weighted by molar-refractivity contribution is 0.100. The molecule has 0 aliphatic carbocycles. The van der Waals surface area contributed by atoms with Gasteiger partial charge in [-0.2, -0.15) is 5.10 Å². The number of hydrogen-bond acceptors (Lipinski definition) is 4. The highest BCUT2D eigenvalue weighted by atomic mass is 16.1. The van der Waals surface area contributed by atoms with Gasteiger partial charge >= 0.3 is 0 Å². The van der Waals surface area contributed by atoms with Gasteiger partial charge in [0.2, 0.25) is 0 Å². The number of fused-ring (bicyclic) bond motifs is 1. The van der Waals surface area contributed by atoms with Crippen molar-refractivity contribution in [2.75, 3.05) is 13.1 Å². The van der Waals surface area contributed by atoms with Gasteiger partial charge < -0.3 is 10.6 Å².